The van der Waals surface area contributed by atoms with Crippen LogP contribution in [0.3, 0.4) is 0 Å². The first kappa shape index (κ1) is 15.5. The first-order valence-corrected chi connectivity index (χ1v) is 7.14. The first-order valence-electron chi connectivity index (χ1n) is 6.35. The molecule has 0 aliphatic rings. The Hall–Kier alpha value is -1.88. The molecule has 0 fully saturated rings. The number of hydrogen-bond acceptors (Lipinski definition) is 2. The average molecular weight is 352 g/mol. The first-order chi connectivity index (χ1) is 10.0. The molecule has 2 rings (SSSR count). The predicted octanol–water partition coefficient (Wildman–Crippen LogP) is 3.87. The summed E-state index contributed by atoms with van der Waals surface area (Å²) in [5, 5.41) is 0. The lowest BCUT2D eigenvalue weighted by Gasteiger charge is -2.18. The Bertz CT molecular complexity index is 660. The lowest BCUT2D eigenvalue weighted by Crippen LogP contribution is -2.27. The van der Waals surface area contributed by atoms with Gasteiger partial charge in [-0.3, -0.25) is 4.79 Å². The van der Waals surface area contributed by atoms with Crippen LogP contribution in [0, 0.1) is 5.82 Å². The molecule has 0 aromatic heterocycles. The van der Waals surface area contributed by atoms with Crippen LogP contribution in [0.15, 0.2) is 46.9 Å². The molecule has 0 aliphatic carbocycles. The summed E-state index contributed by atoms with van der Waals surface area (Å²) < 4.78 is 19.8. The lowest BCUT2D eigenvalue weighted by atomic mass is 10.1. The maximum atomic E-state index is 13.9. The van der Waals surface area contributed by atoms with Gasteiger partial charge in [-0.05, 0) is 23.8 Å². The number of carbonyl (C=O) groups is 1. The van der Waals surface area contributed by atoms with Crippen LogP contribution in [0.5, 0.6) is 5.75 Å². The van der Waals surface area contributed by atoms with Gasteiger partial charge in [0.2, 0.25) is 0 Å². The molecule has 0 bridgehead atoms. The average Bonchev–Trinajstić information content (AvgIpc) is 2.48. The number of amides is 1. The highest BCUT2D eigenvalue weighted by atomic mass is 79.9. The molecule has 0 N–H and O–H groups in total. The highest BCUT2D eigenvalue weighted by Gasteiger charge is 2.17. The molecule has 0 heterocycles. The molecule has 21 heavy (non-hydrogen) atoms. The summed E-state index contributed by atoms with van der Waals surface area (Å²) in [5.41, 5.74) is 0.993. The molecule has 5 heteroatoms. The van der Waals surface area contributed by atoms with Gasteiger partial charge in [0.15, 0.2) is 0 Å². The number of hydrogen-bond donors (Lipinski definition) is 0. The highest BCUT2D eigenvalue weighted by molar-refractivity contribution is 9.10. The molecular weight excluding hydrogens is 337 g/mol. The van der Waals surface area contributed by atoms with Gasteiger partial charge in [-0.2, -0.15) is 0 Å². The molecule has 0 spiro atoms. The number of rotatable bonds is 4. The normalized spacial score (nSPS) is 10.3. The van der Waals surface area contributed by atoms with Gasteiger partial charge in [0.05, 0.1) is 12.7 Å². The largest absolute Gasteiger partial charge is 0.497 e. The SMILES string of the molecule is COc1ccc(C(=O)N(C)Cc2ccccc2Br)c(F)c1. The Kier molecular flexibility index (Phi) is 4.96. The molecule has 2 aromatic rings. The fourth-order valence-electron chi connectivity index (χ4n) is 1.96. The fourth-order valence-corrected chi connectivity index (χ4v) is 2.37. The quantitative estimate of drug-likeness (QED) is 0.836. The van der Waals surface area contributed by atoms with Crippen molar-refractivity contribution in [2.24, 2.45) is 0 Å². The van der Waals surface area contributed by atoms with Crippen molar-refractivity contribution in [2.75, 3.05) is 14.2 Å². The summed E-state index contributed by atoms with van der Waals surface area (Å²) in [4.78, 5) is 13.8. The van der Waals surface area contributed by atoms with Gasteiger partial charge in [0.1, 0.15) is 11.6 Å². The van der Waals surface area contributed by atoms with Gasteiger partial charge in [0.25, 0.3) is 5.91 Å². The van der Waals surface area contributed by atoms with Crippen molar-refractivity contribution in [2.45, 2.75) is 6.54 Å². The summed E-state index contributed by atoms with van der Waals surface area (Å²) in [6.07, 6.45) is 0. The second-order valence-electron chi connectivity index (χ2n) is 4.60. The lowest BCUT2D eigenvalue weighted by molar-refractivity contribution is 0.0780. The van der Waals surface area contributed by atoms with Crippen LogP contribution < -0.4 is 4.74 Å². The van der Waals surface area contributed by atoms with Crippen LogP contribution in [0.4, 0.5) is 4.39 Å². The van der Waals surface area contributed by atoms with Crippen LogP contribution in [-0.2, 0) is 6.54 Å². The van der Waals surface area contributed by atoms with E-state index in [0.29, 0.717) is 12.3 Å². The van der Waals surface area contributed by atoms with Gasteiger partial charge in [0, 0.05) is 24.1 Å². The van der Waals surface area contributed by atoms with E-state index in [1.54, 1.807) is 13.1 Å². The van der Waals surface area contributed by atoms with Gasteiger partial charge >= 0.3 is 0 Å². The van der Waals surface area contributed by atoms with Crippen molar-refractivity contribution in [1.82, 2.24) is 4.90 Å². The van der Waals surface area contributed by atoms with Crippen molar-refractivity contribution in [3.05, 3.63) is 63.9 Å². The molecule has 0 unspecified atom stereocenters. The minimum atomic E-state index is -0.585. The monoisotopic (exact) mass is 351 g/mol. The molecule has 2 aromatic carbocycles. The maximum Gasteiger partial charge on any atom is 0.256 e. The molecule has 0 atom stereocenters. The zero-order valence-electron chi connectivity index (χ0n) is 11.8. The van der Waals surface area contributed by atoms with Crippen LogP contribution in [0.1, 0.15) is 15.9 Å². The maximum absolute atomic E-state index is 13.9. The Morgan fingerprint density at radius 3 is 2.62 bits per heavy atom. The van der Waals surface area contributed by atoms with Gasteiger partial charge in [-0.25, -0.2) is 4.39 Å². The minimum absolute atomic E-state index is 0.0327. The standard InChI is InChI=1S/C16H15BrFNO2/c1-19(10-11-5-3-4-6-14(11)17)16(20)13-8-7-12(21-2)9-15(13)18/h3-9H,10H2,1-2H3. The summed E-state index contributed by atoms with van der Waals surface area (Å²) >= 11 is 3.43. The number of carbonyl (C=O) groups excluding carboxylic acids is 1. The highest BCUT2D eigenvalue weighted by Crippen LogP contribution is 2.20. The van der Waals surface area contributed by atoms with E-state index in [9.17, 15) is 9.18 Å². The van der Waals surface area contributed by atoms with E-state index in [-0.39, 0.29) is 11.5 Å². The van der Waals surface area contributed by atoms with Crippen molar-refractivity contribution in [3.63, 3.8) is 0 Å². The number of halogens is 2. The Morgan fingerprint density at radius 1 is 1.29 bits per heavy atom. The second kappa shape index (κ2) is 6.72. The van der Waals surface area contributed by atoms with E-state index in [4.69, 9.17) is 4.74 Å². The summed E-state index contributed by atoms with van der Waals surface area (Å²) in [7, 11) is 3.10. The van der Waals surface area contributed by atoms with Gasteiger partial charge < -0.3 is 9.64 Å². The third kappa shape index (κ3) is 3.61. The molecule has 0 saturated heterocycles. The van der Waals surface area contributed by atoms with Crippen molar-refractivity contribution < 1.29 is 13.9 Å². The summed E-state index contributed by atoms with van der Waals surface area (Å²) in [5.74, 6) is -0.568. The van der Waals surface area contributed by atoms with E-state index in [2.05, 4.69) is 15.9 Å². The van der Waals surface area contributed by atoms with Crippen molar-refractivity contribution >= 4 is 21.8 Å². The van der Waals surface area contributed by atoms with Crippen molar-refractivity contribution in [3.8, 4) is 5.75 Å². The fraction of sp³-hybridized carbons (Fsp3) is 0.188. The zero-order valence-corrected chi connectivity index (χ0v) is 13.4. The number of nitrogens with zero attached hydrogens (tertiary/aromatic N) is 1. The van der Waals surface area contributed by atoms with Crippen LogP contribution in [0.2, 0.25) is 0 Å². The molecule has 110 valence electrons. The zero-order chi connectivity index (χ0) is 15.4. The predicted molar refractivity (Wildman–Crippen MR) is 82.9 cm³/mol. The molecule has 3 nitrogen and oxygen atoms in total. The van der Waals surface area contributed by atoms with Crippen molar-refractivity contribution in [1.29, 1.82) is 0 Å². The Balaban J connectivity index is 2.18. The van der Waals surface area contributed by atoms with E-state index >= 15 is 0 Å². The third-order valence-electron chi connectivity index (χ3n) is 3.12. The van der Waals surface area contributed by atoms with Crippen LogP contribution in [-0.4, -0.2) is 25.0 Å². The van der Waals surface area contributed by atoms with E-state index in [1.165, 1.54) is 24.1 Å². The molecule has 1 amide bonds. The summed E-state index contributed by atoms with van der Waals surface area (Å²) in [6.45, 7) is 0.395. The Morgan fingerprint density at radius 2 is 2.00 bits per heavy atom. The number of benzene rings is 2. The number of ether oxygens (including phenoxy) is 1. The van der Waals surface area contributed by atoms with E-state index in [1.807, 2.05) is 24.3 Å². The topological polar surface area (TPSA) is 29.5 Å². The van der Waals surface area contributed by atoms with E-state index in [0.717, 1.165) is 10.0 Å². The van der Waals surface area contributed by atoms with Gasteiger partial charge in [-0.15, -0.1) is 0 Å². The van der Waals surface area contributed by atoms with Crippen LogP contribution in [0.25, 0.3) is 0 Å². The molecule has 0 saturated carbocycles. The summed E-state index contributed by atoms with van der Waals surface area (Å²) in [6, 6.07) is 11.8. The molecule has 0 aliphatic heterocycles. The minimum Gasteiger partial charge on any atom is -0.497 e. The molecular formula is C16H15BrFNO2. The smallest absolute Gasteiger partial charge is 0.256 e. The van der Waals surface area contributed by atoms with E-state index < -0.39 is 5.82 Å². The second-order valence-corrected chi connectivity index (χ2v) is 5.45. The third-order valence-corrected chi connectivity index (χ3v) is 3.89. The number of methoxy groups -OCH3 is 1. The van der Waals surface area contributed by atoms with Crippen LogP contribution >= 0.6 is 15.9 Å². The van der Waals surface area contributed by atoms with Gasteiger partial charge in [-0.1, -0.05) is 34.1 Å². The molecule has 0 radical (unpaired) electrons. The Labute approximate surface area is 131 Å².